The van der Waals surface area contributed by atoms with Crippen LogP contribution in [-0.2, 0) is 13.6 Å². The zero-order valence-electron chi connectivity index (χ0n) is 16.0. The second kappa shape index (κ2) is 12.3. The van der Waals surface area contributed by atoms with E-state index in [0.29, 0.717) is 16.7 Å². The molecule has 1 aromatic rings. The fourth-order valence-corrected chi connectivity index (χ4v) is 3.73. The summed E-state index contributed by atoms with van der Waals surface area (Å²) in [5, 5.41) is 7.82. The van der Waals surface area contributed by atoms with Crippen molar-refractivity contribution in [2.75, 3.05) is 33.2 Å². The summed E-state index contributed by atoms with van der Waals surface area (Å²) < 4.78 is 1.88. The van der Waals surface area contributed by atoms with Gasteiger partial charge < -0.3 is 20.1 Å². The second-order valence-corrected chi connectivity index (χ2v) is 7.71. The molecule has 5 nitrogen and oxygen atoms in total. The predicted octanol–water partition coefficient (Wildman–Crippen LogP) is 4.13. The van der Waals surface area contributed by atoms with Crippen LogP contribution in [-0.4, -0.2) is 48.7 Å². The third-order valence-corrected chi connectivity index (χ3v) is 5.65. The highest BCUT2D eigenvalue weighted by molar-refractivity contribution is 14.0. The SMILES string of the molecule is CN=C(NCCCCN1CCCC(C)C1)NCc1cc(Cl)c(Cl)n1C.I. The summed E-state index contributed by atoms with van der Waals surface area (Å²) in [7, 11) is 3.69. The summed E-state index contributed by atoms with van der Waals surface area (Å²) in [6, 6.07) is 1.88. The van der Waals surface area contributed by atoms with E-state index in [-0.39, 0.29) is 24.0 Å². The minimum absolute atomic E-state index is 0. The molecule has 0 amide bonds. The summed E-state index contributed by atoms with van der Waals surface area (Å²) in [5.74, 6) is 1.66. The molecule has 150 valence electrons. The number of likely N-dealkylation sites (tertiary alicyclic amines) is 1. The number of halogens is 3. The van der Waals surface area contributed by atoms with Crippen LogP contribution in [0.3, 0.4) is 0 Å². The third-order valence-electron chi connectivity index (χ3n) is 4.81. The highest BCUT2D eigenvalue weighted by atomic mass is 127. The summed E-state index contributed by atoms with van der Waals surface area (Å²) in [6.07, 6.45) is 5.11. The number of hydrogen-bond acceptors (Lipinski definition) is 2. The van der Waals surface area contributed by atoms with Gasteiger partial charge in [-0.3, -0.25) is 4.99 Å². The molecule has 0 radical (unpaired) electrons. The molecule has 1 aromatic heterocycles. The quantitative estimate of drug-likeness (QED) is 0.248. The molecule has 1 aliphatic rings. The first-order valence-corrected chi connectivity index (χ1v) is 9.93. The van der Waals surface area contributed by atoms with Crippen LogP contribution in [0.1, 0.15) is 38.3 Å². The number of aromatic nitrogens is 1. The topological polar surface area (TPSA) is 44.6 Å². The molecule has 2 rings (SSSR count). The Labute approximate surface area is 184 Å². The smallest absolute Gasteiger partial charge is 0.191 e. The van der Waals surface area contributed by atoms with E-state index in [1.807, 2.05) is 17.7 Å². The largest absolute Gasteiger partial charge is 0.356 e. The van der Waals surface area contributed by atoms with Crippen molar-refractivity contribution in [3.05, 3.63) is 21.9 Å². The zero-order chi connectivity index (χ0) is 18.2. The molecule has 0 spiro atoms. The van der Waals surface area contributed by atoms with Crippen LogP contribution in [0.15, 0.2) is 11.1 Å². The fourth-order valence-electron chi connectivity index (χ4n) is 3.31. The molecular formula is C18H32Cl2IN5. The standard InChI is InChI=1S/C18H31Cl2N5.HI/c1-14-7-6-10-25(13-14)9-5-4-8-22-18(21-2)23-12-15-11-16(19)17(20)24(15)3;/h11,14H,4-10,12-13H2,1-3H3,(H2,21,22,23);1H. The lowest BCUT2D eigenvalue weighted by Gasteiger charge is -2.30. The van der Waals surface area contributed by atoms with Gasteiger partial charge in [-0.1, -0.05) is 30.1 Å². The molecule has 1 fully saturated rings. The van der Waals surface area contributed by atoms with Gasteiger partial charge in [0.15, 0.2) is 5.96 Å². The minimum atomic E-state index is 0. The van der Waals surface area contributed by atoms with Gasteiger partial charge in [-0.2, -0.15) is 0 Å². The molecule has 8 heteroatoms. The van der Waals surface area contributed by atoms with Crippen molar-refractivity contribution in [3.8, 4) is 0 Å². The maximum Gasteiger partial charge on any atom is 0.191 e. The maximum atomic E-state index is 6.09. The summed E-state index contributed by atoms with van der Waals surface area (Å²) in [5.41, 5.74) is 1.03. The third kappa shape index (κ3) is 7.44. The number of rotatable bonds is 7. The van der Waals surface area contributed by atoms with Crippen LogP contribution in [0.2, 0.25) is 10.2 Å². The lowest BCUT2D eigenvalue weighted by Crippen LogP contribution is -2.38. The van der Waals surface area contributed by atoms with Gasteiger partial charge in [0.1, 0.15) is 5.15 Å². The Hall–Kier alpha value is -0.180. The van der Waals surface area contributed by atoms with Gasteiger partial charge in [0, 0.05) is 32.9 Å². The van der Waals surface area contributed by atoms with Crippen LogP contribution in [0.4, 0.5) is 0 Å². The number of guanidine groups is 1. The van der Waals surface area contributed by atoms with Crippen molar-refractivity contribution in [2.24, 2.45) is 18.0 Å². The Morgan fingerprint density at radius 2 is 2.08 bits per heavy atom. The number of unbranched alkanes of at least 4 members (excludes halogenated alkanes) is 1. The van der Waals surface area contributed by atoms with Crippen molar-refractivity contribution < 1.29 is 0 Å². The molecule has 0 saturated carbocycles. The van der Waals surface area contributed by atoms with E-state index in [2.05, 4.69) is 27.4 Å². The Kier molecular flexibility index (Phi) is 11.3. The van der Waals surface area contributed by atoms with Gasteiger partial charge in [-0.05, 0) is 50.8 Å². The van der Waals surface area contributed by atoms with E-state index in [0.717, 1.165) is 30.5 Å². The van der Waals surface area contributed by atoms with Gasteiger partial charge in [-0.15, -0.1) is 24.0 Å². The van der Waals surface area contributed by atoms with E-state index in [4.69, 9.17) is 23.2 Å². The van der Waals surface area contributed by atoms with E-state index < -0.39 is 0 Å². The average molecular weight is 516 g/mol. The Balaban J connectivity index is 0.00000338. The summed E-state index contributed by atoms with van der Waals surface area (Å²) in [4.78, 5) is 6.87. The van der Waals surface area contributed by atoms with E-state index in [9.17, 15) is 0 Å². The lowest BCUT2D eigenvalue weighted by atomic mass is 10.0. The van der Waals surface area contributed by atoms with Crippen molar-refractivity contribution >= 4 is 53.1 Å². The van der Waals surface area contributed by atoms with Crippen LogP contribution in [0.25, 0.3) is 0 Å². The normalized spacial score (nSPS) is 18.5. The highest BCUT2D eigenvalue weighted by Crippen LogP contribution is 2.24. The van der Waals surface area contributed by atoms with E-state index >= 15 is 0 Å². The summed E-state index contributed by atoms with van der Waals surface area (Å²) >= 11 is 12.1. The first kappa shape index (κ1) is 23.9. The van der Waals surface area contributed by atoms with Crippen molar-refractivity contribution in [3.63, 3.8) is 0 Å². The zero-order valence-corrected chi connectivity index (χ0v) is 19.9. The minimum Gasteiger partial charge on any atom is -0.356 e. The monoisotopic (exact) mass is 515 g/mol. The van der Waals surface area contributed by atoms with Gasteiger partial charge in [0.25, 0.3) is 0 Å². The highest BCUT2D eigenvalue weighted by Gasteiger charge is 2.15. The summed E-state index contributed by atoms with van der Waals surface area (Å²) in [6.45, 7) is 7.65. The second-order valence-electron chi connectivity index (χ2n) is 6.94. The number of nitrogens with one attached hydrogen (secondary N) is 2. The predicted molar refractivity (Wildman–Crippen MR) is 123 cm³/mol. The molecule has 2 N–H and O–H groups in total. The number of nitrogens with zero attached hydrogens (tertiary/aromatic N) is 3. The van der Waals surface area contributed by atoms with Crippen molar-refractivity contribution in [1.82, 2.24) is 20.1 Å². The number of hydrogen-bond donors (Lipinski definition) is 2. The molecule has 1 saturated heterocycles. The van der Waals surface area contributed by atoms with Crippen LogP contribution >= 0.6 is 47.2 Å². The van der Waals surface area contributed by atoms with Crippen LogP contribution in [0, 0.1) is 5.92 Å². The molecular weight excluding hydrogens is 484 g/mol. The van der Waals surface area contributed by atoms with Crippen molar-refractivity contribution in [1.29, 1.82) is 0 Å². The average Bonchev–Trinajstić information content (AvgIpc) is 2.84. The molecule has 1 aliphatic heterocycles. The molecule has 1 atom stereocenters. The van der Waals surface area contributed by atoms with E-state index in [1.54, 1.807) is 7.05 Å². The molecule has 1 unspecified atom stereocenters. The van der Waals surface area contributed by atoms with Gasteiger partial charge in [0.05, 0.1) is 11.6 Å². The number of aliphatic imine (C=N–C) groups is 1. The molecule has 26 heavy (non-hydrogen) atoms. The Morgan fingerprint density at radius 3 is 2.69 bits per heavy atom. The van der Waals surface area contributed by atoms with Crippen LogP contribution < -0.4 is 10.6 Å². The fraction of sp³-hybridized carbons (Fsp3) is 0.722. The van der Waals surface area contributed by atoms with Gasteiger partial charge in [0.2, 0.25) is 0 Å². The molecule has 0 bridgehead atoms. The Morgan fingerprint density at radius 1 is 1.31 bits per heavy atom. The van der Waals surface area contributed by atoms with Crippen molar-refractivity contribution in [2.45, 2.75) is 39.2 Å². The molecule has 0 aromatic carbocycles. The Bertz CT molecular complexity index is 576. The lowest BCUT2D eigenvalue weighted by molar-refractivity contribution is 0.181. The molecule has 0 aliphatic carbocycles. The van der Waals surface area contributed by atoms with Gasteiger partial charge in [-0.25, -0.2) is 0 Å². The van der Waals surface area contributed by atoms with Crippen LogP contribution in [0.5, 0.6) is 0 Å². The number of piperidine rings is 1. The first-order valence-electron chi connectivity index (χ1n) is 9.17. The maximum absolute atomic E-state index is 6.09. The van der Waals surface area contributed by atoms with E-state index in [1.165, 1.54) is 38.9 Å². The van der Waals surface area contributed by atoms with Gasteiger partial charge >= 0.3 is 0 Å². The molecule has 2 heterocycles. The first-order chi connectivity index (χ1) is 12.0.